The number of carboxylic acid groups (broad SMARTS) is 1. The van der Waals surface area contributed by atoms with Crippen molar-refractivity contribution in [2.24, 2.45) is 5.92 Å². The zero-order valence-corrected chi connectivity index (χ0v) is 14.0. The fourth-order valence-electron chi connectivity index (χ4n) is 2.91. The van der Waals surface area contributed by atoms with Crippen LogP contribution in [0, 0.1) is 12.8 Å². The van der Waals surface area contributed by atoms with Crippen molar-refractivity contribution >= 4 is 23.2 Å². The van der Waals surface area contributed by atoms with Crippen LogP contribution >= 0.6 is 11.3 Å². The van der Waals surface area contributed by atoms with Gasteiger partial charge in [-0.15, -0.1) is 11.3 Å². The lowest BCUT2D eigenvalue weighted by atomic mass is 9.90. The number of amides is 1. The first-order valence-electron chi connectivity index (χ1n) is 8.00. The molecule has 5 nitrogen and oxygen atoms in total. The molecule has 1 unspecified atom stereocenters. The average molecular weight is 324 g/mol. The summed E-state index contributed by atoms with van der Waals surface area (Å²) in [6.07, 6.45) is 7.85. The molecule has 0 aromatic carbocycles. The van der Waals surface area contributed by atoms with E-state index in [2.05, 4.69) is 10.3 Å². The summed E-state index contributed by atoms with van der Waals surface area (Å²) in [5, 5.41) is 12.8. The zero-order chi connectivity index (χ0) is 16.1. The summed E-state index contributed by atoms with van der Waals surface area (Å²) in [4.78, 5) is 28.0. The van der Waals surface area contributed by atoms with E-state index in [4.69, 9.17) is 5.11 Å². The quantitative estimate of drug-likeness (QED) is 0.885. The number of aromatic carboxylic acids is 1. The molecule has 0 bridgehead atoms. The van der Waals surface area contributed by atoms with Gasteiger partial charge in [0.2, 0.25) is 5.91 Å². The molecule has 0 radical (unpaired) electrons. The first-order chi connectivity index (χ1) is 10.5. The molecule has 0 spiro atoms. The molecule has 22 heavy (non-hydrogen) atoms. The van der Waals surface area contributed by atoms with E-state index < -0.39 is 5.97 Å². The van der Waals surface area contributed by atoms with Gasteiger partial charge < -0.3 is 10.4 Å². The minimum Gasteiger partial charge on any atom is -0.477 e. The lowest BCUT2D eigenvalue weighted by Crippen LogP contribution is -2.33. The SMILES string of the molecule is Cc1nc(C(C)NC(=O)C2CCCCCCC2)sc1C(=O)O. The maximum Gasteiger partial charge on any atom is 0.347 e. The smallest absolute Gasteiger partial charge is 0.347 e. The Morgan fingerprint density at radius 3 is 2.36 bits per heavy atom. The third kappa shape index (κ3) is 4.29. The second-order valence-corrected chi connectivity index (χ2v) is 7.07. The summed E-state index contributed by atoms with van der Waals surface area (Å²) in [6.45, 7) is 3.55. The highest BCUT2D eigenvalue weighted by molar-refractivity contribution is 7.13. The van der Waals surface area contributed by atoms with Crippen LogP contribution in [0.1, 0.15) is 78.3 Å². The first-order valence-corrected chi connectivity index (χ1v) is 8.81. The summed E-state index contributed by atoms with van der Waals surface area (Å²) in [6, 6.07) is -0.241. The molecule has 0 aliphatic heterocycles. The summed E-state index contributed by atoms with van der Waals surface area (Å²) < 4.78 is 0. The normalized spacial score (nSPS) is 18.3. The number of thiazole rings is 1. The van der Waals surface area contributed by atoms with Crippen LogP contribution in [-0.2, 0) is 4.79 Å². The molecule has 122 valence electrons. The van der Waals surface area contributed by atoms with Crippen molar-refractivity contribution in [2.45, 2.75) is 64.8 Å². The van der Waals surface area contributed by atoms with E-state index in [1.165, 1.54) is 19.3 Å². The number of carbonyl (C=O) groups excluding carboxylic acids is 1. The maximum atomic E-state index is 12.4. The van der Waals surface area contributed by atoms with E-state index in [1.54, 1.807) is 6.92 Å². The summed E-state index contributed by atoms with van der Waals surface area (Å²) in [5.74, 6) is -0.790. The molecular formula is C16H24N2O3S. The molecule has 1 amide bonds. The minimum absolute atomic E-state index is 0.0825. The molecule has 2 rings (SSSR count). The lowest BCUT2D eigenvalue weighted by Gasteiger charge is -2.21. The zero-order valence-electron chi connectivity index (χ0n) is 13.2. The molecule has 1 aliphatic carbocycles. The summed E-state index contributed by atoms with van der Waals surface area (Å²) in [5.41, 5.74) is 0.513. The second kappa shape index (κ2) is 7.72. The van der Waals surface area contributed by atoms with E-state index in [0.29, 0.717) is 10.7 Å². The minimum atomic E-state index is -0.959. The Morgan fingerprint density at radius 1 is 1.23 bits per heavy atom. The van der Waals surface area contributed by atoms with Gasteiger partial charge in [-0.25, -0.2) is 9.78 Å². The predicted molar refractivity (Wildman–Crippen MR) is 86.2 cm³/mol. The Hall–Kier alpha value is -1.43. The van der Waals surface area contributed by atoms with Crippen LogP contribution in [0.2, 0.25) is 0 Å². The molecule has 1 fully saturated rings. The average Bonchev–Trinajstić information content (AvgIpc) is 2.80. The second-order valence-electron chi connectivity index (χ2n) is 6.04. The molecule has 1 saturated carbocycles. The molecule has 1 aromatic rings. The number of hydrogen-bond donors (Lipinski definition) is 2. The molecule has 1 aromatic heterocycles. The number of aryl methyl sites for hydroxylation is 1. The van der Waals surface area contributed by atoms with E-state index >= 15 is 0 Å². The van der Waals surface area contributed by atoms with Crippen LogP contribution < -0.4 is 5.32 Å². The molecule has 1 heterocycles. The van der Waals surface area contributed by atoms with Gasteiger partial charge in [-0.1, -0.05) is 32.1 Å². The number of carboxylic acids is 1. The molecular weight excluding hydrogens is 300 g/mol. The van der Waals surface area contributed by atoms with Crippen molar-refractivity contribution < 1.29 is 14.7 Å². The van der Waals surface area contributed by atoms with Crippen LogP contribution in [0.25, 0.3) is 0 Å². The number of nitrogens with one attached hydrogen (secondary N) is 1. The molecule has 1 atom stereocenters. The number of hydrogen-bond acceptors (Lipinski definition) is 4. The fraction of sp³-hybridized carbons (Fsp3) is 0.688. The van der Waals surface area contributed by atoms with Crippen molar-refractivity contribution in [1.82, 2.24) is 10.3 Å². The lowest BCUT2D eigenvalue weighted by molar-refractivity contribution is -0.126. The highest BCUT2D eigenvalue weighted by Gasteiger charge is 2.23. The molecule has 2 N–H and O–H groups in total. The molecule has 6 heteroatoms. The fourth-order valence-corrected chi connectivity index (χ4v) is 3.82. The van der Waals surface area contributed by atoms with E-state index in [-0.39, 0.29) is 22.7 Å². The highest BCUT2D eigenvalue weighted by atomic mass is 32.1. The van der Waals surface area contributed by atoms with E-state index in [1.807, 2.05) is 6.92 Å². The van der Waals surface area contributed by atoms with Crippen molar-refractivity contribution in [2.75, 3.05) is 0 Å². The van der Waals surface area contributed by atoms with Crippen molar-refractivity contribution in [3.8, 4) is 0 Å². The van der Waals surface area contributed by atoms with Gasteiger partial charge in [0.15, 0.2) is 0 Å². The predicted octanol–water partition coefficient (Wildman–Crippen LogP) is 3.69. The molecule has 0 saturated heterocycles. The van der Waals surface area contributed by atoms with Gasteiger partial charge in [0.1, 0.15) is 9.88 Å². The van der Waals surface area contributed by atoms with Gasteiger partial charge in [0.05, 0.1) is 11.7 Å². The number of rotatable bonds is 4. The van der Waals surface area contributed by atoms with Gasteiger partial charge in [-0.3, -0.25) is 4.79 Å². The van der Waals surface area contributed by atoms with Crippen molar-refractivity contribution in [1.29, 1.82) is 0 Å². The molecule has 1 aliphatic rings. The van der Waals surface area contributed by atoms with Crippen LogP contribution in [0.4, 0.5) is 0 Å². The van der Waals surface area contributed by atoms with Gasteiger partial charge in [0, 0.05) is 5.92 Å². The van der Waals surface area contributed by atoms with Crippen LogP contribution in [-0.4, -0.2) is 22.0 Å². The Kier molecular flexibility index (Phi) is 5.94. The van der Waals surface area contributed by atoms with Gasteiger partial charge in [-0.2, -0.15) is 0 Å². The van der Waals surface area contributed by atoms with Gasteiger partial charge in [0.25, 0.3) is 0 Å². The maximum absolute atomic E-state index is 12.4. The largest absolute Gasteiger partial charge is 0.477 e. The van der Waals surface area contributed by atoms with E-state index in [0.717, 1.165) is 37.0 Å². The first kappa shape index (κ1) is 16.9. The Bertz CT molecular complexity index is 533. The Balaban J connectivity index is 1.98. The Morgan fingerprint density at radius 2 is 1.82 bits per heavy atom. The third-order valence-corrected chi connectivity index (χ3v) is 5.54. The number of nitrogens with zero attached hydrogens (tertiary/aromatic N) is 1. The van der Waals surface area contributed by atoms with Gasteiger partial charge in [-0.05, 0) is 26.7 Å². The van der Waals surface area contributed by atoms with E-state index in [9.17, 15) is 9.59 Å². The third-order valence-electron chi connectivity index (χ3n) is 4.21. The van der Waals surface area contributed by atoms with Crippen molar-refractivity contribution in [3.05, 3.63) is 15.6 Å². The number of aromatic nitrogens is 1. The van der Waals surface area contributed by atoms with Crippen molar-refractivity contribution in [3.63, 3.8) is 0 Å². The monoisotopic (exact) mass is 324 g/mol. The summed E-state index contributed by atoms with van der Waals surface area (Å²) >= 11 is 1.15. The number of carbonyl (C=O) groups is 2. The van der Waals surface area contributed by atoms with Crippen LogP contribution in [0.5, 0.6) is 0 Å². The van der Waals surface area contributed by atoms with Gasteiger partial charge >= 0.3 is 5.97 Å². The summed E-state index contributed by atoms with van der Waals surface area (Å²) in [7, 11) is 0. The van der Waals surface area contributed by atoms with Crippen LogP contribution in [0.3, 0.4) is 0 Å². The van der Waals surface area contributed by atoms with Crippen LogP contribution in [0.15, 0.2) is 0 Å². The highest BCUT2D eigenvalue weighted by Crippen LogP contribution is 2.26. The standard InChI is InChI=1S/C16H24N2O3S/c1-10-13(16(20)21)22-15(18-10)11(2)17-14(19)12-8-6-4-3-5-7-9-12/h11-12H,3-9H2,1-2H3,(H,17,19)(H,20,21). The topological polar surface area (TPSA) is 79.3 Å². The Labute approximate surface area is 135 Å².